The van der Waals surface area contributed by atoms with E-state index in [-0.39, 0.29) is 19.1 Å². The van der Waals surface area contributed by atoms with Crippen LogP contribution in [-0.4, -0.2) is 25.5 Å². The lowest BCUT2D eigenvalue weighted by molar-refractivity contribution is -0.143. The molecule has 1 amide bonds. The van der Waals surface area contributed by atoms with Gasteiger partial charge in [-0.15, -0.1) is 0 Å². The number of rotatable bonds is 6. The third-order valence-electron chi connectivity index (χ3n) is 3.07. The average Bonchev–Trinajstić information content (AvgIpc) is 2.58. The van der Waals surface area contributed by atoms with Crippen molar-refractivity contribution in [2.24, 2.45) is 0 Å². The van der Waals surface area contributed by atoms with Gasteiger partial charge in [0.25, 0.3) is 5.91 Å². The second-order valence-electron chi connectivity index (χ2n) is 4.67. The first-order valence-electron chi connectivity index (χ1n) is 6.91. The topological polar surface area (TPSA) is 64.6 Å². The molecule has 0 heterocycles. The first-order valence-corrected chi connectivity index (χ1v) is 7.99. The van der Waals surface area contributed by atoms with E-state index in [1.54, 1.807) is 31.4 Å². The largest absolute Gasteiger partial charge is 0.497 e. The number of carbonyl (C=O) groups is 2. The van der Waals surface area contributed by atoms with Gasteiger partial charge in [0.15, 0.2) is 0 Å². The Hall–Kier alpha value is -2.09. The molecule has 1 N–H and O–H groups in total. The van der Waals surface area contributed by atoms with Crippen LogP contribution in [0.2, 0.25) is 0 Å². The van der Waals surface area contributed by atoms with Crippen LogP contribution in [0, 0.1) is 3.57 Å². The number of carbonyl (C=O) groups excluding carboxylic acids is 2. The summed E-state index contributed by atoms with van der Waals surface area (Å²) in [6.45, 7) is -0.0124. The Bertz CT molecular complexity index is 685. The lowest BCUT2D eigenvalue weighted by atomic mass is 10.2. The van der Waals surface area contributed by atoms with E-state index in [0.717, 1.165) is 14.9 Å². The molecule has 0 fully saturated rings. The fourth-order valence-electron chi connectivity index (χ4n) is 1.83. The maximum absolute atomic E-state index is 12.0. The number of methoxy groups -OCH3 is 1. The van der Waals surface area contributed by atoms with E-state index in [4.69, 9.17) is 9.47 Å². The second kappa shape index (κ2) is 8.52. The number of hydrogen-bond acceptors (Lipinski definition) is 4. The lowest BCUT2D eigenvalue weighted by Gasteiger charge is -2.08. The van der Waals surface area contributed by atoms with Crippen molar-refractivity contribution in [2.75, 3.05) is 13.7 Å². The highest BCUT2D eigenvalue weighted by atomic mass is 127. The third-order valence-corrected chi connectivity index (χ3v) is 4.01. The molecule has 5 nitrogen and oxygen atoms in total. The molecule has 2 aromatic carbocycles. The molecule has 2 aromatic rings. The molecule has 0 radical (unpaired) electrons. The van der Waals surface area contributed by atoms with Gasteiger partial charge in [0.2, 0.25) is 0 Å². The van der Waals surface area contributed by atoms with Crippen molar-refractivity contribution in [1.82, 2.24) is 5.32 Å². The lowest BCUT2D eigenvalue weighted by Crippen LogP contribution is -2.31. The highest BCUT2D eigenvalue weighted by Crippen LogP contribution is 2.12. The predicted octanol–water partition coefficient (Wildman–Crippen LogP) is 2.77. The molecule has 0 unspecified atom stereocenters. The summed E-state index contributed by atoms with van der Waals surface area (Å²) in [5.41, 5.74) is 1.39. The Morgan fingerprint density at radius 3 is 2.43 bits per heavy atom. The summed E-state index contributed by atoms with van der Waals surface area (Å²) in [5, 5.41) is 2.56. The van der Waals surface area contributed by atoms with Crippen molar-refractivity contribution in [3.05, 3.63) is 63.2 Å². The van der Waals surface area contributed by atoms with E-state index < -0.39 is 5.97 Å². The van der Waals surface area contributed by atoms with Crippen LogP contribution in [0.5, 0.6) is 5.75 Å². The van der Waals surface area contributed by atoms with Gasteiger partial charge in [0, 0.05) is 3.57 Å². The van der Waals surface area contributed by atoms with Gasteiger partial charge < -0.3 is 14.8 Å². The average molecular weight is 425 g/mol. The Kier molecular flexibility index (Phi) is 6.40. The van der Waals surface area contributed by atoms with Gasteiger partial charge in [0.05, 0.1) is 12.7 Å². The van der Waals surface area contributed by atoms with Crippen LogP contribution in [0.25, 0.3) is 0 Å². The zero-order valence-corrected chi connectivity index (χ0v) is 14.7. The molecule has 0 saturated heterocycles. The Labute approximate surface area is 148 Å². The molecule has 0 aliphatic carbocycles. The fraction of sp³-hybridized carbons (Fsp3) is 0.176. The predicted molar refractivity (Wildman–Crippen MR) is 94.3 cm³/mol. The zero-order chi connectivity index (χ0) is 16.7. The molecular formula is C17H16INO4. The van der Waals surface area contributed by atoms with Gasteiger partial charge in [-0.2, -0.15) is 0 Å². The minimum absolute atomic E-state index is 0.154. The van der Waals surface area contributed by atoms with Crippen LogP contribution < -0.4 is 10.1 Å². The normalized spacial score (nSPS) is 10.0. The SMILES string of the molecule is COc1ccc(COC(=O)CNC(=O)c2ccccc2I)cc1. The van der Waals surface area contributed by atoms with E-state index in [1.165, 1.54) is 0 Å². The fourth-order valence-corrected chi connectivity index (χ4v) is 2.46. The van der Waals surface area contributed by atoms with Crippen LogP contribution in [0.3, 0.4) is 0 Å². The maximum atomic E-state index is 12.0. The Morgan fingerprint density at radius 2 is 1.78 bits per heavy atom. The zero-order valence-electron chi connectivity index (χ0n) is 12.5. The van der Waals surface area contributed by atoms with Gasteiger partial charge >= 0.3 is 5.97 Å². The van der Waals surface area contributed by atoms with Gasteiger partial charge in [-0.1, -0.05) is 24.3 Å². The minimum Gasteiger partial charge on any atom is -0.497 e. The standard InChI is InChI=1S/C17H16INO4/c1-22-13-8-6-12(7-9-13)11-23-16(20)10-19-17(21)14-4-2-3-5-15(14)18/h2-9H,10-11H2,1H3,(H,19,21). The number of esters is 1. The molecule has 0 bridgehead atoms. The van der Waals surface area contributed by atoms with Crippen LogP contribution in [0.4, 0.5) is 0 Å². The van der Waals surface area contributed by atoms with Crippen molar-refractivity contribution in [3.8, 4) is 5.75 Å². The number of halogens is 1. The summed E-state index contributed by atoms with van der Waals surface area (Å²) in [5.74, 6) is -0.0405. The summed E-state index contributed by atoms with van der Waals surface area (Å²) < 4.78 is 11.0. The van der Waals surface area contributed by atoms with Gasteiger partial charge in [-0.3, -0.25) is 9.59 Å². The maximum Gasteiger partial charge on any atom is 0.325 e. The molecule has 0 spiro atoms. The Morgan fingerprint density at radius 1 is 1.09 bits per heavy atom. The smallest absolute Gasteiger partial charge is 0.325 e. The molecule has 0 atom stereocenters. The van der Waals surface area contributed by atoms with E-state index in [0.29, 0.717) is 5.56 Å². The number of nitrogens with one attached hydrogen (secondary N) is 1. The summed E-state index contributed by atoms with van der Waals surface area (Å²) in [4.78, 5) is 23.7. The van der Waals surface area contributed by atoms with E-state index in [9.17, 15) is 9.59 Å². The van der Waals surface area contributed by atoms with Gasteiger partial charge in [0.1, 0.15) is 18.9 Å². The molecule has 23 heavy (non-hydrogen) atoms. The molecule has 2 rings (SSSR count). The van der Waals surface area contributed by atoms with Crippen molar-refractivity contribution in [3.63, 3.8) is 0 Å². The quantitative estimate of drug-likeness (QED) is 0.571. The molecule has 0 aromatic heterocycles. The van der Waals surface area contributed by atoms with E-state index in [1.807, 2.05) is 24.3 Å². The molecule has 120 valence electrons. The molecule has 6 heteroatoms. The van der Waals surface area contributed by atoms with Crippen molar-refractivity contribution in [1.29, 1.82) is 0 Å². The molecule has 0 aliphatic heterocycles. The summed E-state index contributed by atoms with van der Waals surface area (Å²) in [7, 11) is 1.59. The van der Waals surface area contributed by atoms with E-state index >= 15 is 0 Å². The summed E-state index contributed by atoms with van der Waals surface area (Å²) in [6, 6.07) is 14.4. The number of ether oxygens (including phenoxy) is 2. The first kappa shape index (κ1) is 17.3. The van der Waals surface area contributed by atoms with Crippen molar-refractivity contribution >= 4 is 34.5 Å². The van der Waals surface area contributed by atoms with Crippen LogP contribution in [-0.2, 0) is 16.1 Å². The summed E-state index contributed by atoms with van der Waals surface area (Å²) >= 11 is 2.08. The molecule has 0 aliphatic rings. The van der Waals surface area contributed by atoms with Crippen molar-refractivity contribution in [2.45, 2.75) is 6.61 Å². The molecular weight excluding hydrogens is 409 g/mol. The number of hydrogen-bond donors (Lipinski definition) is 1. The number of amides is 1. The van der Waals surface area contributed by atoms with E-state index in [2.05, 4.69) is 27.9 Å². The first-order chi connectivity index (χ1) is 11.1. The summed E-state index contributed by atoms with van der Waals surface area (Å²) in [6.07, 6.45) is 0. The van der Waals surface area contributed by atoms with Gasteiger partial charge in [-0.25, -0.2) is 0 Å². The Balaban J connectivity index is 1.78. The van der Waals surface area contributed by atoms with Gasteiger partial charge in [-0.05, 0) is 52.4 Å². The molecule has 0 saturated carbocycles. The van der Waals surface area contributed by atoms with Crippen LogP contribution in [0.1, 0.15) is 15.9 Å². The highest BCUT2D eigenvalue weighted by molar-refractivity contribution is 14.1. The monoisotopic (exact) mass is 425 g/mol. The van der Waals surface area contributed by atoms with Crippen molar-refractivity contribution < 1.29 is 19.1 Å². The highest BCUT2D eigenvalue weighted by Gasteiger charge is 2.11. The number of benzene rings is 2. The van der Waals surface area contributed by atoms with Crippen LogP contribution in [0.15, 0.2) is 48.5 Å². The van der Waals surface area contributed by atoms with Crippen LogP contribution >= 0.6 is 22.6 Å². The third kappa shape index (κ3) is 5.24. The second-order valence-corrected chi connectivity index (χ2v) is 5.83. The minimum atomic E-state index is -0.486.